The predicted molar refractivity (Wildman–Crippen MR) is 54.5 cm³/mol. The molecule has 0 fully saturated rings. The first-order valence-corrected chi connectivity index (χ1v) is 5.30. The minimum absolute atomic E-state index is 0.135. The first-order chi connectivity index (χ1) is 8.40. The minimum atomic E-state index is -2.25. The van der Waals surface area contributed by atoms with Crippen LogP contribution in [0.3, 0.4) is 0 Å². The third kappa shape index (κ3) is 2.92. The molecule has 100 valence electrons. The fourth-order valence-corrected chi connectivity index (χ4v) is 1.28. The quantitative estimate of drug-likeness (QED) is 0.303. The van der Waals surface area contributed by atoms with E-state index < -0.39 is 47.2 Å². The third-order valence-corrected chi connectivity index (χ3v) is 2.22. The van der Waals surface area contributed by atoms with Gasteiger partial charge < -0.3 is 4.74 Å². The van der Waals surface area contributed by atoms with Gasteiger partial charge in [-0.3, -0.25) is 4.79 Å². The van der Waals surface area contributed by atoms with E-state index in [0.717, 1.165) is 0 Å². The number of hydrogen-bond donors (Lipinski definition) is 1. The molecular formula is C10H7F5O2S. The lowest BCUT2D eigenvalue weighted by Crippen LogP contribution is -2.11. The average Bonchev–Trinajstić information content (AvgIpc) is 2.34. The maximum absolute atomic E-state index is 13.1. The molecule has 0 amide bonds. The van der Waals surface area contributed by atoms with Gasteiger partial charge in [0.15, 0.2) is 23.3 Å². The molecule has 0 N–H and O–H groups in total. The summed E-state index contributed by atoms with van der Waals surface area (Å²) in [6.07, 6.45) is -0.140. The third-order valence-electron chi connectivity index (χ3n) is 1.99. The van der Waals surface area contributed by atoms with Gasteiger partial charge in [0.25, 0.3) is 0 Å². The molecule has 0 atom stereocenters. The van der Waals surface area contributed by atoms with E-state index in [2.05, 4.69) is 17.4 Å². The molecule has 0 aromatic heterocycles. The van der Waals surface area contributed by atoms with Crippen molar-refractivity contribution in [3.63, 3.8) is 0 Å². The van der Waals surface area contributed by atoms with Crippen LogP contribution in [0, 0.1) is 29.1 Å². The van der Waals surface area contributed by atoms with E-state index in [4.69, 9.17) is 0 Å². The molecule has 0 unspecified atom stereocenters. The maximum atomic E-state index is 13.1. The Balaban J connectivity index is 2.99. The molecule has 0 saturated carbocycles. The van der Waals surface area contributed by atoms with E-state index in [9.17, 15) is 26.7 Å². The molecule has 0 aliphatic heterocycles. The summed E-state index contributed by atoms with van der Waals surface area (Å²) in [6, 6.07) is 0. The van der Waals surface area contributed by atoms with Crippen molar-refractivity contribution in [1.29, 1.82) is 0 Å². The molecule has 1 rings (SSSR count). The second-order valence-corrected chi connectivity index (χ2v) is 3.63. The van der Waals surface area contributed by atoms with Crippen molar-refractivity contribution >= 4 is 18.6 Å². The molecule has 0 heterocycles. The normalized spacial score (nSPS) is 10.6. The van der Waals surface area contributed by atoms with Crippen molar-refractivity contribution < 1.29 is 31.5 Å². The molecule has 0 radical (unpaired) electrons. The Morgan fingerprint density at radius 1 is 0.944 bits per heavy atom. The lowest BCUT2D eigenvalue weighted by atomic mass is 10.2. The topological polar surface area (TPSA) is 26.3 Å². The number of ether oxygens (including phenoxy) is 1. The van der Waals surface area contributed by atoms with Crippen LogP contribution in [0.4, 0.5) is 22.0 Å². The van der Waals surface area contributed by atoms with Gasteiger partial charge in [-0.15, -0.1) is 0 Å². The number of carbonyl (C=O) groups excluding carboxylic acids is 1. The monoisotopic (exact) mass is 286 g/mol. The summed E-state index contributed by atoms with van der Waals surface area (Å²) in [5, 5.41) is 0. The van der Waals surface area contributed by atoms with Gasteiger partial charge in [-0.1, -0.05) is 0 Å². The van der Waals surface area contributed by atoms with Gasteiger partial charge in [0.05, 0.1) is 12.0 Å². The largest absolute Gasteiger partial charge is 0.461 e. The van der Waals surface area contributed by atoms with Gasteiger partial charge in [0.2, 0.25) is 5.82 Å². The zero-order valence-corrected chi connectivity index (χ0v) is 9.67. The Kier molecular flexibility index (Phi) is 4.94. The lowest BCUT2D eigenvalue weighted by Gasteiger charge is -2.08. The highest BCUT2D eigenvalue weighted by Crippen LogP contribution is 2.23. The van der Waals surface area contributed by atoms with Gasteiger partial charge in [-0.25, -0.2) is 22.0 Å². The molecule has 0 saturated heterocycles. The van der Waals surface area contributed by atoms with E-state index >= 15 is 0 Å². The predicted octanol–water partition coefficient (Wildman–Crippen LogP) is 2.75. The van der Waals surface area contributed by atoms with Crippen LogP contribution in [-0.2, 0) is 16.1 Å². The summed E-state index contributed by atoms with van der Waals surface area (Å²) in [5.41, 5.74) is -1.18. The minimum Gasteiger partial charge on any atom is -0.461 e. The van der Waals surface area contributed by atoms with Crippen LogP contribution in [0.15, 0.2) is 0 Å². The highest BCUT2D eigenvalue weighted by molar-refractivity contribution is 7.80. The molecular weight excluding hydrogens is 279 g/mol. The number of halogens is 5. The van der Waals surface area contributed by atoms with Crippen molar-refractivity contribution in [3.8, 4) is 0 Å². The SMILES string of the molecule is O=C(CCS)OCc1c(F)c(F)c(F)c(F)c1F. The molecule has 18 heavy (non-hydrogen) atoms. The van der Waals surface area contributed by atoms with E-state index in [1.807, 2.05) is 0 Å². The summed E-state index contributed by atoms with van der Waals surface area (Å²) in [5.74, 6) is -11.1. The van der Waals surface area contributed by atoms with Crippen LogP contribution in [0.25, 0.3) is 0 Å². The standard InChI is InChI=1S/C10H7F5O2S/c11-6-4(3-17-5(16)1-2-18)7(12)9(14)10(15)8(6)13/h18H,1-3H2. The first kappa shape index (κ1) is 14.7. The Morgan fingerprint density at radius 2 is 1.39 bits per heavy atom. The van der Waals surface area contributed by atoms with E-state index in [1.54, 1.807) is 0 Å². The first-order valence-electron chi connectivity index (χ1n) is 4.67. The van der Waals surface area contributed by atoms with Crippen LogP contribution in [-0.4, -0.2) is 11.7 Å². The zero-order chi connectivity index (χ0) is 13.9. The van der Waals surface area contributed by atoms with Crippen LogP contribution in [0.5, 0.6) is 0 Å². The average molecular weight is 286 g/mol. The summed E-state index contributed by atoms with van der Waals surface area (Å²) in [6.45, 7) is -1.03. The number of carbonyl (C=O) groups is 1. The molecule has 0 bridgehead atoms. The Morgan fingerprint density at radius 3 is 1.83 bits per heavy atom. The van der Waals surface area contributed by atoms with Crippen molar-refractivity contribution in [3.05, 3.63) is 34.6 Å². The number of benzene rings is 1. The molecule has 8 heteroatoms. The van der Waals surface area contributed by atoms with Crippen molar-refractivity contribution in [2.75, 3.05) is 5.75 Å². The van der Waals surface area contributed by atoms with Gasteiger partial charge in [-0.2, -0.15) is 12.6 Å². The van der Waals surface area contributed by atoms with Crippen molar-refractivity contribution in [2.45, 2.75) is 13.0 Å². The number of esters is 1. The van der Waals surface area contributed by atoms with Gasteiger partial charge in [-0.05, 0) is 0 Å². The molecule has 0 spiro atoms. The Labute approximate surface area is 104 Å². The summed E-state index contributed by atoms with van der Waals surface area (Å²) >= 11 is 3.71. The Hall–Kier alpha value is -1.31. The molecule has 0 aliphatic rings. The number of rotatable bonds is 4. The van der Waals surface area contributed by atoms with Crippen LogP contribution < -0.4 is 0 Å². The fourth-order valence-electron chi connectivity index (χ4n) is 1.09. The van der Waals surface area contributed by atoms with Crippen molar-refractivity contribution in [2.24, 2.45) is 0 Å². The Bertz CT molecular complexity index is 449. The summed E-state index contributed by atoms with van der Waals surface area (Å²) in [4.78, 5) is 10.9. The summed E-state index contributed by atoms with van der Waals surface area (Å²) < 4.78 is 68.8. The fraction of sp³-hybridized carbons (Fsp3) is 0.300. The zero-order valence-electron chi connectivity index (χ0n) is 8.77. The van der Waals surface area contributed by atoms with Crippen molar-refractivity contribution in [1.82, 2.24) is 0 Å². The van der Waals surface area contributed by atoms with Crippen LogP contribution >= 0.6 is 12.6 Å². The smallest absolute Gasteiger partial charge is 0.306 e. The van der Waals surface area contributed by atoms with Gasteiger partial charge in [0, 0.05) is 5.75 Å². The molecule has 0 aliphatic carbocycles. The molecule has 1 aromatic rings. The second kappa shape index (κ2) is 6.03. The second-order valence-electron chi connectivity index (χ2n) is 3.18. The highest BCUT2D eigenvalue weighted by Gasteiger charge is 2.26. The van der Waals surface area contributed by atoms with Crippen LogP contribution in [0.2, 0.25) is 0 Å². The van der Waals surface area contributed by atoms with Crippen LogP contribution in [0.1, 0.15) is 12.0 Å². The lowest BCUT2D eigenvalue weighted by molar-refractivity contribution is -0.144. The van der Waals surface area contributed by atoms with Gasteiger partial charge >= 0.3 is 5.97 Å². The van der Waals surface area contributed by atoms with E-state index in [-0.39, 0.29) is 12.2 Å². The van der Waals surface area contributed by atoms with E-state index in [1.165, 1.54) is 0 Å². The van der Waals surface area contributed by atoms with E-state index in [0.29, 0.717) is 0 Å². The molecule has 1 aromatic carbocycles. The summed E-state index contributed by atoms with van der Waals surface area (Å²) in [7, 11) is 0. The number of hydrogen-bond acceptors (Lipinski definition) is 3. The van der Waals surface area contributed by atoms with Gasteiger partial charge in [0.1, 0.15) is 6.61 Å². The maximum Gasteiger partial charge on any atom is 0.306 e. The molecule has 2 nitrogen and oxygen atoms in total. The highest BCUT2D eigenvalue weighted by atomic mass is 32.1. The number of thiol groups is 1.